The second kappa shape index (κ2) is 14.9. The zero-order valence-electron chi connectivity index (χ0n) is 32.0. The van der Waals surface area contributed by atoms with Crippen LogP contribution in [0.5, 0.6) is 11.5 Å². The summed E-state index contributed by atoms with van der Waals surface area (Å²) in [6, 6.07) is 24.3. The van der Waals surface area contributed by atoms with Crippen LogP contribution < -0.4 is 20.2 Å². The molecule has 0 fully saturated rings. The molecule has 0 saturated carbocycles. The number of aliphatic imine (C=N–C) groups is 2. The van der Waals surface area contributed by atoms with Crippen molar-refractivity contribution in [3.8, 4) is 11.5 Å². The summed E-state index contributed by atoms with van der Waals surface area (Å²) in [4.78, 5) is 14.7. The fourth-order valence-electron chi connectivity index (χ4n) is 6.93. The Kier molecular flexibility index (Phi) is 10.4. The molecule has 8 bridgehead atoms. The Labute approximate surface area is 328 Å². The monoisotopic (exact) mass is 764 g/mol. The number of fused-ring (bicyclic) bond motifs is 6. The van der Waals surface area contributed by atoms with Crippen molar-refractivity contribution < 1.29 is 18.4 Å². The SMILES string of the molecule is C[N+](C)(C)CCCOc1ccc(C2=c3ccc([nH]3)=Cc3ccc([nH]3)C(Cl)(c3ccc(OCCC[N+](C)(C)C)cc3)C3(Cl)C=CC(=N3)C=C3C=CC2=N3)cc1. The lowest BCUT2D eigenvalue weighted by molar-refractivity contribution is -0.870. The zero-order chi connectivity index (χ0) is 38.1. The summed E-state index contributed by atoms with van der Waals surface area (Å²) in [6.07, 6.45) is 13.8. The normalized spacial score (nSPS) is 20.7. The molecule has 2 aromatic heterocycles. The molecule has 0 saturated heterocycles. The Morgan fingerprint density at radius 3 is 1.98 bits per heavy atom. The fourth-order valence-corrected chi connectivity index (χ4v) is 7.64. The van der Waals surface area contributed by atoms with Crippen molar-refractivity contribution in [2.75, 3.05) is 68.6 Å². The molecule has 3 aliphatic rings. The first-order valence-corrected chi connectivity index (χ1v) is 19.3. The third-order valence-corrected chi connectivity index (χ3v) is 11.0. The predicted octanol–water partition coefficient (Wildman–Crippen LogP) is 6.66. The Morgan fingerprint density at radius 2 is 1.33 bits per heavy atom. The van der Waals surface area contributed by atoms with Gasteiger partial charge in [-0.3, -0.25) is 4.99 Å². The van der Waals surface area contributed by atoms with Gasteiger partial charge >= 0.3 is 0 Å². The highest BCUT2D eigenvalue weighted by Crippen LogP contribution is 2.52. The number of rotatable bonds is 12. The van der Waals surface area contributed by atoms with Gasteiger partial charge in [0.15, 0.2) is 9.87 Å². The maximum atomic E-state index is 7.77. The molecule has 2 N–H and O–H groups in total. The lowest BCUT2D eigenvalue weighted by Crippen LogP contribution is -2.41. The molecular weight excluding hydrogens is 715 g/mol. The van der Waals surface area contributed by atoms with Crippen LogP contribution in [0.4, 0.5) is 0 Å². The molecule has 0 aliphatic carbocycles. The number of quaternary nitrogens is 2. The van der Waals surface area contributed by atoms with Crippen LogP contribution in [0.2, 0.25) is 0 Å². The molecule has 0 amide bonds. The van der Waals surface area contributed by atoms with Crippen LogP contribution in [0.25, 0.3) is 11.6 Å². The summed E-state index contributed by atoms with van der Waals surface area (Å²) in [6.45, 7) is 3.39. The van der Waals surface area contributed by atoms with Gasteiger partial charge in [0.25, 0.3) is 0 Å². The highest BCUT2D eigenvalue weighted by molar-refractivity contribution is 6.38. The van der Waals surface area contributed by atoms with Crippen LogP contribution in [-0.4, -0.2) is 104 Å². The average molecular weight is 766 g/mol. The first-order chi connectivity index (χ1) is 25.7. The van der Waals surface area contributed by atoms with E-state index < -0.39 is 9.87 Å². The van der Waals surface area contributed by atoms with Gasteiger partial charge in [0.2, 0.25) is 0 Å². The first-order valence-electron chi connectivity index (χ1n) is 18.5. The summed E-state index contributed by atoms with van der Waals surface area (Å²) in [7, 11) is 13.1. The third-order valence-electron chi connectivity index (χ3n) is 9.71. The average Bonchev–Trinajstić information content (AvgIpc) is 3.95. The second-order valence-electron chi connectivity index (χ2n) is 16.3. The second-order valence-corrected chi connectivity index (χ2v) is 17.4. The van der Waals surface area contributed by atoms with Crippen molar-refractivity contribution in [3.05, 3.63) is 142 Å². The molecule has 4 aromatic rings. The lowest BCUT2D eigenvalue weighted by Gasteiger charge is -2.36. The number of alkyl halides is 2. The van der Waals surface area contributed by atoms with Gasteiger partial charge in [-0.1, -0.05) is 35.9 Å². The fraction of sp³-hybridized carbons (Fsp3) is 0.318. The minimum Gasteiger partial charge on any atom is -0.493 e. The van der Waals surface area contributed by atoms with Gasteiger partial charge in [-0.15, -0.1) is 11.6 Å². The zero-order valence-corrected chi connectivity index (χ0v) is 33.5. The van der Waals surface area contributed by atoms with Gasteiger partial charge in [-0.05, 0) is 96.1 Å². The summed E-state index contributed by atoms with van der Waals surface area (Å²) < 4.78 is 14.0. The Hall–Kier alpha value is -4.60. The van der Waals surface area contributed by atoms with Gasteiger partial charge in [0.1, 0.15) is 11.5 Å². The van der Waals surface area contributed by atoms with Crippen molar-refractivity contribution in [2.45, 2.75) is 22.7 Å². The van der Waals surface area contributed by atoms with Crippen molar-refractivity contribution in [3.63, 3.8) is 0 Å². The van der Waals surface area contributed by atoms with Crippen molar-refractivity contribution in [2.24, 2.45) is 9.98 Å². The van der Waals surface area contributed by atoms with E-state index in [4.69, 9.17) is 42.7 Å². The maximum absolute atomic E-state index is 7.77. The van der Waals surface area contributed by atoms with Gasteiger partial charge in [-0.25, -0.2) is 4.99 Å². The highest BCUT2D eigenvalue weighted by Gasteiger charge is 2.53. The summed E-state index contributed by atoms with van der Waals surface area (Å²) in [5.41, 5.74) is 6.68. The number of benzene rings is 2. The minimum absolute atomic E-state index is 0.637. The minimum atomic E-state index is -1.34. The quantitative estimate of drug-likeness (QED) is 0.0734. The van der Waals surface area contributed by atoms with Crippen LogP contribution in [0.15, 0.2) is 119 Å². The number of allylic oxidation sites excluding steroid dienone is 4. The highest BCUT2D eigenvalue weighted by atomic mass is 35.5. The smallest absolute Gasteiger partial charge is 0.181 e. The van der Waals surface area contributed by atoms with Crippen molar-refractivity contribution >= 4 is 46.3 Å². The van der Waals surface area contributed by atoms with E-state index >= 15 is 0 Å². The number of nitrogens with zero attached hydrogens (tertiary/aromatic N) is 4. The topological polar surface area (TPSA) is 74.8 Å². The van der Waals surface area contributed by atoms with E-state index in [2.05, 4.69) is 82.6 Å². The van der Waals surface area contributed by atoms with Crippen LogP contribution >= 0.6 is 23.2 Å². The number of ether oxygens (including phenoxy) is 2. The van der Waals surface area contributed by atoms with E-state index in [-0.39, 0.29) is 0 Å². The Bertz CT molecular complexity index is 2280. The van der Waals surface area contributed by atoms with E-state index in [1.807, 2.05) is 78.9 Å². The van der Waals surface area contributed by atoms with Crippen LogP contribution in [-0.2, 0) is 4.87 Å². The third kappa shape index (κ3) is 8.37. The molecule has 2 aromatic carbocycles. The van der Waals surface area contributed by atoms with Crippen LogP contribution in [0.1, 0.15) is 35.4 Å². The maximum Gasteiger partial charge on any atom is 0.181 e. The number of hydrogen-bond donors (Lipinski definition) is 2. The number of aromatic amines is 2. The molecule has 3 aliphatic heterocycles. The molecule has 8 nitrogen and oxygen atoms in total. The molecule has 0 radical (unpaired) electrons. The first kappa shape index (κ1) is 37.7. The number of hydrogen-bond acceptors (Lipinski definition) is 4. The number of aromatic nitrogens is 2. The van der Waals surface area contributed by atoms with Crippen LogP contribution in [0.3, 0.4) is 0 Å². The molecule has 7 rings (SSSR count). The molecule has 280 valence electrons. The molecule has 5 heterocycles. The van der Waals surface area contributed by atoms with E-state index in [0.717, 1.165) is 96.6 Å². The molecule has 0 spiro atoms. The van der Waals surface area contributed by atoms with Crippen molar-refractivity contribution in [1.82, 2.24) is 9.97 Å². The number of nitrogens with one attached hydrogen (secondary N) is 2. The van der Waals surface area contributed by atoms with Crippen LogP contribution in [0, 0.1) is 0 Å². The van der Waals surface area contributed by atoms with E-state index in [0.29, 0.717) is 18.9 Å². The predicted molar refractivity (Wildman–Crippen MR) is 222 cm³/mol. The largest absolute Gasteiger partial charge is 0.493 e. The molecule has 54 heavy (non-hydrogen) atoms. The van der Waals surface area contributed by atoms with E-state index in [9.17, 15) is 0 Å². The molecule has 2 atom stereocenters. The summed E-state index contributed by atoms with van der Waals surface area (Å²) >= 11 is 15.3. The standard InChI is InChI=1S/C44H50Cl2N6O2/c1-51(2,3)25-7-27-53-37-16-9-31(10-17-37)42-39-20-13-33(47-39)29-35-15-22-41(49-35)44(46,32-11-18-38(19-12-32)54-28-8-26-52(4,5)6)43(45)24-23-36(50-43)30-34-14-21-40(42)48-34/h9-24,29-30,47,49H,7-8,25-28H2,1-6H3/q+2. The van der Waals surface area contributed by atoms with Crippen molar-refractivity contribution in [1.29, 1.82) is 0 Å². The van der Waals surface area contributed by atoms with Gasteiger partial charge in [-0.2, -0.15) is 0 Å². The van der Waals surface area contributed by atoms with Gasteiger partial charge in [0.05, 0.1) is 85.7 Å². The molecular formula is C44H50Cl2N6O2+2. The Balaban J connectivity index is 1.24. The lowest BCUT2D eigenvalue weighted by atomic mass is 9.87. The Morgan fingerprint density at radius 1 is 0.685 bits per heavy atom. The van der Waals surface area contributed by atoms with Gasteiger partial charge < -0.3 is 28.4 Å². The van der Waals surface area contributed by atoms with E-state index in [1.54, 1.807) is 0 Å². The van der Waals surface area contributed by atoms with Gasteiger partial charge in [0, 0.05) is 40.5 Å². The number of halogens is 2. The molecule has 2 unspecified atom stereocenters. The molecule has 10 heteroatoms. The summed E-state index contributed by atoms with van der Waals surface area (Å²) in [5.74, 6) is 1.63. The number of H-pyrrole nitrogens is 2. The van der Waals surface area contributed by atoms with E-state index in [1.165, 1.54) is 0 Å². The summed E-state index contributed by atoms with van der Waals surface area (Å²) in [5, 5.41) is 1.87.